The van der Waals surface area contributed by atoms with Gasteiger partial charge in [-0.25, -0.2) is 19.4 Å². The van der Waals surface area contributed by atoms with Crippen LogP contribution < -0.4 is 0 Å². The molecule has 118 valence electrons. The zero-order chi connectivity index (χ0) is 16.6. The molecule has 0 amide bonds. The summed E-state index contributed by atoms with van der Waals surface area (Å²) in [6.07, 6.45) is 0. The molecular weight excluding hydrogens is 359 g/mol. The van der Waals surface area contributed by atoms with E-state index in [0.29, 0.717) is 0 Å². The van der Waals surface area contributed by atoms with Gasteiger partial charge in [-0.2, -0.15) is 35.1 Å². The largest absolute Gasteiger partial charge is 0.432 e. The van der Waals surface area contributed by atoms with Gasteiger partial charge in [0.05, 0.1) is 0 Å². The highest BCUT2D eigenvalue weighted by atomic mass is 35.5. The Kier molecular flexibility index (Phi) is 5.11. The Morgan fingerprint density at radius 3 is 1.00 bits per heavy atom. The van der Waals surface area contributed by atoms with E-state index in [1.165, 1.54) is 0 Å². The average Bonchev–Trinajstić information content (AvgIpc) is 2.21. The number of halogens is 10. The fraction of sp³-hybridized carbons (Fsp3) is 0.667. The van der Waals surface area contributed by atoms with Gasteiger partial charge in [0.2, 0.25) is 0 Å². The molecule has 0 radical (unpaired) electrons. The predicted octanol–water partition coefficient (Wildman–Crippen LogP) is 2.92. The van der Waals surface area contributed by atoms with Gasteiger partial charge in [0.15, 0.2) is 0 Å². The maximum absolute atomic E-state index is 12.4. The molecule has 0 aliphatic carbocycles. The third-order valence-corrected chi connectivity index (χ3v) is 1.89. The fourth-order valence-corrected chi connectivity index (χ4v) is 0.566. The van der Waals surface area contributed by atoms with Crippen molar-refractivity contribution in [3.63, 3.8) is 0 Å². The molecule has 0 rings (SSSR count). The van der Waals surface area contributed by atoms with Crippen molar-refractivity contribution < 1.29 is 54.5 Å². The van der Waals surface area contributed by atoms with Gasteiger partial charge in [-0.1, -0.05) is 0 Å². The highest BCUT2D eigenvalue weighted by Crippen LogP contribution is 2.40. The molecule has 0 saturated heterocycles. The molecule has 0 spiro atoms. The summed E-state index contributed by atoms with van der Waals surface area (Å²) in [7, 11) is 0. The molecule has 0 atom stereocenters. The Morgan fingerprint density at radius 2 is 0.850 bits per heavy atom. The van der Waals surface area contributed by atoms with Crippen LogP contribution in [0.2, 0.25) is 0 Å². The van der Waals surface area contributed by atoms with Gasteiger partial charge in [-0.3, -0.25) is 0 Å². The molecule has 0 aromatic carbocycles. The third-order valence-electron chi connectivity index (χ3n) is 1.42. The zero-order valence-corrected chi connectivity index (χ0v) is 9.92. The molecular formula is C6Cl2F8O4. The minimum atomic E-state index is -5.78. The normalized spacial score (nSPS) is 13.9. The van der Waals surface area contributed by atoms with E-state index in [2.05, 4.69) is 33.0 Å². The fourth-order valence-electron chi connectivity index (χ4n) is 0.412. The van der Waals surface area contributed by atoms with Gasteiger partial charge in [0, 0.05) is 0 Å². The summed E-state index contributed by atoms with van der Waals surface area (Å²) in [5, 5.41) is -11.0. The van der Waals surface area contributed by atoms with Crippen LogP contribution >= 0.6 is 23.2 Å². The highest BCUT2D eigenvalue weighted by Gasteiger charge is 2.66. The quantitative estimate of drug-likeness (QED) is 0.335. The monoisotopic (exact) mass is 358 g/mol. The van der Waals surface area contributed by atoms with E-state index in [4.69, 9.17) is 0 Å². The van der Waals surface area contributed by atoms with E-state index in [0.717, 1.165) is 0 Å². The van der Waals surface area contributed by atoms with Crippen LogP contribution in [-0.2, 0) is 19.4 Å². The van der Waals surface area contributed by atoms with E-state index in [1.807, 2.05) is 0 Å². The number of carbonyl (C=O) groups is 2. The second-order valence-electron chi connectivity index (χ2n) is 2.89. The van der Waals surface area contributed by atoms with E-state index < -0.39 is 34.5 Å². The summed E-state index contributed by atoms with van der Waals surface area (Å²) in [5.74, 6) is -18.3. The maximum atomic E-state index is 12.4. The lowest BCUT2D eigenvalue weighted by atomic mass is 10.3. The van der Waals surface area contributed by atoms with Crippen LogP contribution in [0.25, 0.3) is 0 Å². The van der Waals surface area contributed by atoms with E-state index >= 15 is 0 Å². The van der Waals surface area contributed by atoms with Gasteiger partial charge < -0.3 is 0 Å². The maximum Gasteiger partial charge on any atom is 0.432 e. The van der Waals surface area contributed by atoms with Gasteiger partial charge in [-0.15, -0.1) is 0 Å². The Labute approximate surface area is 113 Å². The van der Waals surface area contributed by atoms with Crippen molar-refractivity contribution in [2.45, 2.75) is 22.6 Å². The molecule has 4 nitrogen and oxygen atoms in total. The molecule has 0 heterocycles. The number of alkyl halides is 10. The lowest BCUT2D eigenvalue weighted by Gasteiger charge is -2.20. The zero-order valence-electron chi connectivity index (χ0n) is 8.41. The Bertz CT molecular complexity index is 363. The molecule has 0 saturated carbocycles. The van der Waals surface area contributed by atoms with E-state index in [1.54, 1.807) is 0 Å². The SMILES string of the molecule is O=C(OOC(=O)C(F)(F)C(F)(F)Cl)C(F)(F)C(F)(F)Cl. The molecule has 0 aliphatic rings. The van der Waals surface area contributed by atoms with Crippen molar-refractivity contribution in [3.05, 3.63) is 0 Å². The number of hydrogen-bond donors (Lipinski definition) is 0. The second-order valence-corrected chi connectivity index (χ2v) is 3.84. The van der Waals surface area contributed by atoms with Crippen molar-refractivity contribution in [3.8, 4) is 0 Å². The molecule has 0 bridgehead atoms. The standard InChI is InChI=1S/C6Cl2F8O4/c7-5(13,14)3(9,10)1(17)19-20-2(18)4(11,12)6(8,15)16. The van der Waals surface area contributed by atoms with Gasteiger partial charge in [0.1, 0.15) is 0 Å². The van der Waals surface area contributed by atoms with Crippen LogP contribution in [0.3, 0.4) is 0 Å². The first-order valence-electron chi connectivity index (χ1n) is 3.87. The van der Waals surface area contributed by atoms with Crippen LogP contribution in [0.1, 0.15) is 0 Å². The highest BCUT2D eigenvalue weighted by molar-refractivity contribution is 6.24. The first kappa shape index (κ1) is 19.0. The average molecular weight is 359 g/mol. The smallest absolute Gasteiger partial charge is 0.240 e. The number of rotatable bonds is 4. The summed E-state index contributed by atoms with van der Waals surface area (Å²) < 4.78 is 97.5. The Morgan fingerprint density at radius 1 is 0.650 bits per heavy atom. The van der Waals surface area contributed by atoms with Gasteiger partial charge in [0.25, 0.3) is 0 Å². The lowest BCUT2D eigenvalue weighted by molar-refractivity contribution is -0.302. The van der Waals surface area contributed by atoms with Crippen molar-refractivity contribution in [2.75, 3.05) is 0 Å². The lowest BCUT2D eigenvalue weighted by Crippen LogP contribution is -2.47. The van der Waals surface area contributed by atoms with Crippen molar-refractivity contribution in [1.82, 2.24) is 0 Å². The molecule has 20 heavy (non-hydrogen) atoms. The van der Waals surface area contributed by atoms with Crippen LogP contribution in [0.4, 0.5) is 35.1 Å². The Hall–Kier alpha value is -1.04. The predicted molar refractivity (Wildman–Crippen MR) is 43.7 cm³/mol. The second kappa shape index (κ2) is 5.39. The molecule has 0 N–H and O–H groups in total. The van der Waals surface area contributed by atoms with Crippen LogP contribution in [-0.4, -0.2) is 34.5 Å². The topological polar surface area (TPSA) is 52.6 Å². The molecule has 14 heteroatoms. The van der Waals surface area contributed by atoms with Gasteiger partial charge in [-0.05, 0) is 23.2 Å². The summed E-state index contributed by atoms with van der Waals surface area (Å²) in [4.78, 5) is 25.8. The van der Waals surface area contributed by atoms with E-state index in [9.17, 15) is 44.7 Å². The Balaban J connectivity index is 4.83. The third kappa shape index (κ3) is 3.75. The number of carbonyl (C=O) groups excluding carboxylic acids is 2. The van der Waals surface area contributed by atoms with Crippen molar-refractivity contribution in [2.24, 2.45) is 0 Å². The van der Waals surface area contributed by atoms with Gasteiger partial charge >= 0.3 is 34.5 Å². The molecule has 0 aliphatic heterocycles. The van der Waals surface area contributed by atoms with Crippen LogP contribution in [0.5, 0.6) is 0 Å². The molecule has 0 aromatic rings. The van der Waals surface area contributed by atoms with Crippen molar-refractivity contribution in [1.29, 1.82) is 0 Å². The summed E-state index contributed by atoms with van der Waals surface area (Å²) in [6.45, 7) is 0. The minimum absolute atomic E-state index is 2.60. The summed E-state index contributed by atoms with van der Waals surface area (Å²) >= 11 is 7.57. The molecule has 0 unspecified atom stereocenters. The van der Waals surface area contributed by atoms with Crippen LogP contribution in [0.15, 0.2) is 0 Å². The number of hydrogen-bond acceptors (Lipinski definition) is 4. The summed E-state index contributed by atoms with van der Waals surface area (Å²) in [5.41, 5.74) is 0. The van der Waals surface area contributed by atoms with Crippen molar-refractivity contribution >= 4 is 35.1 Å². The minimum Gasteiger partial charge on any atom is -0.240 e. The molecule has 0 aromatic heterocycles. The van der Waals surface area contributed by atoms with Crippen LogP contribution in [0, 0.1) is 0 Å². The van der Waals surface area contributed by atoms with E-state index in [-0.39, 0.29) is 0 Å². The first-order valence-corrected chi connectivity index (χ1v) is 4.63. The summed E-state index contributed by atoms with van der Waals surface area (Å²) in [6, 6.07) is 0. The first-order chi connectivity index (χ1) is 8.55. The molecule has 0 fully saturated rings.